The first-order valence-corrected chi connectivity index (χ1v) is 8.15. The number of nitrogens with one attached hydrogen (secondary N) is 2. The Balaban J connectivity index is 1.97. The predicted octanol–water partition coefficient (Wildman–Crippen LogP) is 2.84. The second-order valence-corrected chi connectivity index (χ2v) is 5.71. The Hall–Kier alpha value is -3.06. The number of carbonyl (C=O) groups excluding carboxylic acids is 2. The summed E-state index contributed by atoms with van der Waals surface area (Å²) in [4.78, 5) is 23.7. The molecule has 0 saturated carbocycles. The van der Waals surface area contributed by atoms with Crippen molar-refractivity contribution in [3.63, 3.8) is 0 Å². The molecular weight excluding hydrogens is 358 g/mol. The molecule has 3 N–H and O–H groups in total. The molecule has 2 aromatic rings. The number of rotatable bonds is 5. The summed E-state index contributed by atoms with van der Waals surface area (Å²) >= 11 is 5.87. The van der Waals surface area contributed by atoms with Crippen LogP contribution < -0.4 is 15.5 Å². The largest absolute Gasteiger partial charge is 0.504 e. The molecule has 0 saturated heterocycles. The molecule has 7 nitrogen and oxygen atoms in total. The van der Waals surface area contributed by atoms with Gasteiger partial charge in [0.05, 0.1) is 12.8 Å². The first-order valence-electron chi connectivity index (χ1n) is 7.77. The average Bonchev–Trinajstić information content (AvgIpc) is 2.61. The van der Waals surface area contributed by atoms with Gasteiger partial charge < -0.3 is 15.2 Å². The van der Waals surface area contributed by atoms with Crippen LogP contribution >= 0.6 is 11.6 Å². The summed E-state index contributed by atoms with van der Waals surface area (Å²) in [5.74, 6) is -1.49. The topological polar surface area (TPSA) is 100 Å². The summed E-state index contributed by atoms with van der Waals surface area (Å²) in [6.07, 6.45) is 1.33. The summed E-state index contributed by atoms with van der Waals surface area (Å²) in [5.41, 5.74) is 3.93. The third-order valence-electron chi connectivity index (χ3n) is 3.32. The molecule has 0 aliphatic heterocycles. The number of nitrogens with zero attached hydrogens (tertiary/aromatic N) is 1. The zero-order valence-corrected chi connectivity index (χ0v) is 15.0. The highest BCUT2D eigenvalue weighted by Crippen LogP contribution is 2.26. The van der Waals surface area contributed by atoms with Gasteiger partial charge in [-0.05, 0) is 55.3 Å². The van der Waals surface area contributed by atoms with Crippen LogP contribution in [0.2, 0.25) is 5.02 Å². The second-order valence-electron chi connectivity index (χ2n) is 5.27. The third-order valence-corrected chi connectivity index (χ3v) is 3.55. The number of phenols is 1. The van der Waals surface area contributed by atoms with Crippen LogP contribution in [0, 0.1) is 6.92 Å². The highest BCUT2D eigenvalue weighted by atomic mass is 35.5. The van der Waals surface area contributed by atoms with Crippen LogP contribution in [0.25, 0.3) is 0 Å². The summed E-state index contributed by atoms with van der Waals surface area (Å²) < 4.78 is 5.26. The lowest BCUT2D eigenvalue weighted by Crippen LogP contribution is -2.32. The number of benzene rings is 2. The molecule has 0 unspecified atom stereocenters. The van der Waals surface area contributed by atoms with Crippen molar-refractivity contribution in [3.8, 4) is 11.5 Å². The quantitative estimate of drug-likeness (QED) is 0.425. The van der Waals surface area contributed by atoms with Crippen molar-refractivity contribution >= 4 is 35.3 Å². The maximum absolute atomic E-state index is 11.9. The fraction of sp³-hybridized carbons (Fsp3) is 0.167. The van der Waals surface area contributed by atoms with E-state index in [2.05, 4.69) is 15.8 Å². The molecule has 0 aromatic heterocycles. The van der Waals surface area contributed by atoms with Crippen molar-refractivity contribution in [1.82, 2.24) is 5.43 Å². The number of carbonyl (C=O) groups is 2. The summed E-state index contributed by atoms with van der Waals surface area (Å²) in [6.45, 7) is 3.97. The maximum Gasteiger partial charge on any atom is 0.329 e. The standard InChI is InChI=1S/C18H18ClN3O4/c1-3-26-16-8-12(5-7-15(16)23)10-20-22-18(25)17(24)21-14-9-13(19)6-4-11(14)2/h4-10,23H,3H2,1-2H3,(H,21,24)(H,22,25)/b20-10+. The third kappa shape index (κ3) is 5.22. The molecule has 2 rings (SSSR count). The minimum Gasteiger partial charge on any atom is -0.504 e. The van der Waals surface area contributed by atoms with Gasteiger partial charge in [0, 0.05) is 10.7 Å². The molecule has 0 aliphatic rings. The normalized spacial score (nSPS) is 10.6. The van der Waals surface area contributed by atoms with Gasteiger partial charge in [0.25, 0.3) is 0 Å². The van der Waals surface area contributed by atoms with E-state index in [1.54, 1.807) is 44.2 Å². The smallest absolute Gasteiger partial charge is 0.329 e. The number of amides is 2. The number of phenolic OH excluding ortho intramolecular Hbond substituents is 1. The van der Waals surface area contributed by atoms with Crippen molar-refractivity contribution in [3.05, 3.63) is 52.5 Å². The zero-order chi connectivity index (χ0) is 19.1. The second kappa shape index (κ2) is 8.87. The number of ether oxygens (including phenoxy) is 1. The van der Waals surface area contributed by atoms with E-state index in [9.17, 15) is 14.7 Å². The summed E-state index contributed by atoms with van der Waals surface area (Å²) in [7, 11) is 0. The highest BCUT2D eigenvalue weighted by Gasteiger charge is 2.14. The molecule has 136 valence electrons. The minimum atomic E-state index is -0.926. The van der Waals surface area contributed by atoms with Gasteiger partial charge in [0.15, 0.2) is 11.5 Å². The van der Waals surface area contributed by atoms with Crippen molar-refractivity contribution < 1.29 is 19.4 Å². The van der Waals surface area contributed by atoms with Crippen LogP contribution in [0.4, 0.5) is 5.69 Å². The number of aromatic hydroxyl groups is 1. The van der Waals surface area contributed by atoms with Crippen molar-refractivity contribution in [2.75, 3.05) is 11.9 Å². The lowest BCUT2D eigenvalue weighted by molar-refractivity contribution is -0.136. The number of aryl methyl sites for hydroxylation is 1. The maximum atomic E-state index is 11.9. The fourth-order valence-corrected chi connectivity index (χ4v) is 2.18. The molecular formula is C18H18ClN3O4. The molecule has 0 spiro atoms. The van der Waals surface area contributed by atoms with Gasteiger partial charge in [-0.25, -0.2) is 5.43 Å². The van der Waals surface area contributed by atoms with Crippen LogP contribution in [-0.2, 0) is 9.59 Å². The lowest BCUT2D eigenvalue weighted by atomic mass is 10.2. The molecule has 0 bridgehead atoms. The minimum absolute atomic E-state index is 0.00399. The Kier molecular flexibility index (Phi) is 6.57. The first-order chi connectivity index (χ1) is 12.4. The number of hydrazone groups is 1. The van der Waals surface area contributed by atoms with Crippen LogP contribution in [0.15, 0.2) is 41.5 Å². The van der Waals surface area contributed by atoms with E-state index >= 15 is 0 Å². The summed E-state index contributed by atoms with van der Waals surface area (Å²) in [6, 6.07) is 9.56. The first kappa shape index (κ1) is 19.3. The molecule has 2 aromatic carbocycles. The Bertz CT molecular complexity index is 852. The Morgan fingerprint density at radius 2 is 2.00 bits per heavy atom. The summed E-state index contributed by atoms with van der Waals surface area (Å²) in [5, 5.41) is 16.3. The van der Waals surface area contributed by atoms with E-state index in [-0.39, 0.29) is 5.75 Å². The van der Waals surface area contributed by atoms with E-state index < -0.39 is 11.8 Å². The number of hydrogen-bond acceptors (Lipinski definition) is 5. The van der Waals surface area contributed by atoms with Gasteiger partial charge in [-0.1, -0.05) is 17.7 Å². The molecule has 0 radical (unpaired) electrons. The number of anilines is 1. The van der Waals surface area contributed by atoms with E-state index in [1.807, 2.05) is 0 Å². The van der Waals surface area contributed by atoms with Crippen LogP contribution in [0.5, 0.6) is 11.5 Å². The number of halogens is 1. The molecule has 0 fully saturated rings. The van der Waals surface area contributed by atoms with Gasteiger partial charge >= 0.3 is 11.8 Å². The van der Waals surface area contributed by atoms with Crippen molar-refractivity contribution in [2.24, 2.45) is 5.10 Å². The predicted molar refractivity (Wildman–Crippen MR) is 99.8 cm³/mol. The zero-order valence-electron chi connectivity index (χ0n) is 14.2. The van der Waals surface area contributed by atoms with Crippen LogP contribution in [0.1, 0.15) is 18.1 Å². The van der Waals surface area contributed by atoms with Gasteiger partial charge in [-0.15, -0.1) is 0 Å². The van der Waals surface area contributed by atoms with Crippen molar-refractivity contribution in [1.29, 1.82) is 0 Å². The van der Waals surface area contributed by atoms with E-state index in [4.69, 9.17) is 16.3 Å². The molecule has 0 atom stereocenters. The van der Waals surface area contributed by atoms with Gasteiger partial charge in [0.2, 0.25) is 0 Å². The number of hydrogen-bond donors (Lipinski definition) is 3. The monoisotopic (exact) mass is 375 g/mol. The van der Waals surface area contributed by atoms with E-state index in [0.717, 1.165) is 5.56 Å². The molecule has 26 heavy (non-hydrogen) atoms. The lowest BCUT2D eigenvalue weighted by Gasteiger charge is -2.08. The van der Waals surface area contributed by atoms with Crippen molar-refractivity contribution in [2.45, 2.75) is 13.8 Å². The van der Waals surface area contributed by atoms with Gasteiger partial charge in [-0.3, -0.25) is 9.59 Å². The Morgan fingerprint density at radius 3 is 2.73 bits per heavy atom. The molecule has 0 heterocycles. The Labute approximate surface area is 155 Å². The van der Waals surface area contributed by atoms with E-state index in [0.29, 0.717) is 28.6 Å². The van der Waals surface area contributed by atoms with Gasteiger partial charge in [-0.2, -0.15) is 5.10 Å². The molecule has 0 aliphatic carbocycles. The molecule has 8 heteroatoms. The van der Waals surface area contributed by atoms with Crippen LogP contribution in [-0.4, -0.2) is 29.7 Å². The Morgan fingerprint density at radius 1 is 1.23 bits per heavy atom. The van der Waals surface area contributed by atoms with Gasteiger partial charge in [0.1, 0.15) is 0 Å². The van der Waals surface area contributed by atoms with Crippen LogP contribution in [0.3, 0.4) is 0 Å². The average molecular weight is 376 g/mol. The fourth-order valence-electron chi connectivity index (χ4n) is 2.01. The molecule has 2 amide bonds. The van der Waals surface area contributed by atoms with E-state index in [1.165, 1.54) is 12.3 Å². The highest BCUT2D eigenvalue weighted by molar-refractivity contribution is 6.40. The SMILES string of the molecule is CCOc1cc(/C=N/NC(=O)C(=O)Nc2cc(Cl)ccc2C)ccc1O.